The molecule has 1 fully saturated rings. The van der Waals surface area contributed by atoms with Crippen LogP contribution in [0.15, 0.2) is 48.8 Å². The van der Waals surface area contributed by atoms with E-state index in [0.717, 1.165) is 22.4 Å². The third-order valence-corrected chi connectivity index (χ3v) is 5.33. The lowest BCUT2D eigenvalue weighted by Crippen LogP contribution is -2.56. The van der Waals surface area contributed by atoms with Crippen molar-refractivity contribution in [2.45, 2.75) is 32.5 Å². The third-order valence-electron chi connectivity index (χ3n) is 5.33. The number of nitrogens with one attached hydrogen (secondary N) is 2. The van der Waals surface area contributed by atoms with Gasteiger partial charge < -0.3 is 15.1 Å². The quantitative estimate of drug-likeness (QED) is 0.788. The van der Waals surface area contributed by atoms with Gasteiger partial charge in [0.2, 0.25) is 0 Å². The van der Waals surface area contributed by atoms with E-state index in [0.29, 0.717) is 26.2 Å². The van der Waals surface area contributed by atoms with E-state index in [1.165, 1.54) is 12.1 Å². The second-order valence-corrected chi connectivity index (χ2v) is 8.71. The fraction of sp³-hybridized carbons (Fsp3) is 0.391. The number of nitrogens with zero attached hydrogens (tertiary/aromatic N) is 3. The summed E-state index contributed by atoms with van der Waals surface area (Å²) in [6, 6.07) is 10.4. The molecule has 1 unspecified atom stereocenters. The Balaban J connectivity index is 1.56. The highest BCUT2D eigenvalue weighted by Gasteiger charge is 2.35. The number of pyridine rings is 1. The summed E-state index contributed by atoms with van der Waals surface area (Å²) in [6.45, 7) is 8.19. The van der Waals surface area contributed by atoms with E-state index < -0.39 is 5.60 Å². The van der Waals surface area contributed by atoms with Crippen LogP contribution in [0, 0.1) is 5.82 Å². The number of amides is 1. The molecule has 164 valence electrons. The smallest absolute Gasteiger partial charge is 0.410 e. The Labute approximate surface area is 181 Å². The van der Waals surface area contributed by atoms with Crippen LogP contribution in [0.25, 0.3) is 11.3 Å². The topological polar surface area (TPSA) is 69.7 Å². The molecule has 2 aliphatic rings. The maximum Gasteiger partial charge on any atom is 0.410 e. The predicted molar refractivity (Wildman–Crippen MR) is 117 cm³/mol. The molecule has 7 nitrogen and oxygen atoms in total. The zero-order valence-electron chi connectivity index (χ0n) is 18.1. The van der Waals surface area contributed by atoms with Crippen molar-refractivity contribution in [3.63, 3.8) is 0 Å². The SMILES string of the molecule is CC(C)(C)OC(=O)N1CCN(C2NNC(c3ccc(F)cc3)=C2c2ccncc2)CC1. The van der Waals surface area contributed by atoms with Gasteiger partial charge in [0.05, 0.1) is 5.70 Å². The number of carbonyl (C=O) groups is 1. The lowest BCUT2D eigenvalue weighted by molar-refractivity contribution is 0.0114. The number of carbonyl (C=O) groups excluding carboxylic acids is 1. The minimum atomic E-state index is -0.507. The third kappa shape index (κ3) is 4.86. The van der Waals surface area contributed by atoms with E-state index >= 15 is 0 Å². The number of benzene rings is 1. The summed E-state index contributed by atoms with van der Waals surface area (Å²) < 4.78 is 19.0. The number of aromatic nitrogens is 1. The van der Waals surface area contributed by atoms with Crippen LogP contribution in [0.3, 0.4) is 0 Å². The van der Waals surface area contributed by atoms with Gasteiger partial charge in [-0.1, -0.05) is 0 Å². The Kier molecular flexibility index (Phi) is 5.93. The van der Waals surface area contributed by atoms with E-state index in [-0.39, 0.29) is 18.1 Å². The van der Waals surface area contributed by atoms with Crippen LogP contribution in [0.5, 0.6) is 0 Å². The molecule has 0 radical (unpaired) electrons. The fourth-order valence-corrected chi connectivity index (χ4v) is 3.86. The Bertz CT molecular complexity index is 948. The molecule has 1 atom stereocenters. The maximum atomic E-state index is 13.5. The van der Waals surface area contributed by atoms with E-state index in [4.69, 9.17) is 4.74 Å². The van der Waals surface area contributed by atoms with Crippen LogP contribution in [0.2, 0.25) is 0 Å². The van der Waals surface area contributed by atoms with Gasteiger partial charge in [-0.25, -0.2) is 14.6 Å². The molecule has 2 aliphatic heterocycles. The summed E-state index contributed by atoms with van der Waals surface area (Å²) in [4.78, 5) is 20.6. The fourth-order valence-electron chi connectivity index (χ4n) is 3.86. The van der Waals surface area contributed by atoms with Crippen molar-refractivity contribution in [1.82, 2.24) is 25.6 Å². The molecule has 1 amide bonds. The van der Waals surface area contributed by atoms with Crippen molar-refractivity contribution in [3.05, 3.63) is 65.7 Å². The Hall–Kier alpha value is -2.97. The first-order valence-electron chi connectivity index (χ1n) is 10.5. The zero-order chi connectivity index (χ0) is 22.0. The van der Waals surface area contributed by atoms with Gasteiger partial charge in [0, 0.05) is 44.1 Å². The van der Waals surface area contributed by atoms with E-state index in [2.05, 4.69) is 20.7 Å². The zero-order valence-corrected chi connectivity index (χ0v) is 18.1. The molecule has 0 aliphatic carbocycles. The van der Waals surface area contributed by atoms with Gasteiger partial charge in [-0.3, -0.25) is 9.88 Å². The largest absolute Gasteiger partial charge is 0.444 e. The van der Waals surface area contributed by atoms with Crippen LogP contribution in [0.1, 0.15) is 31.9 Å². The van der Waals surface area contributed by atoms with Gasteiger partial charge in [0.1, 0.15) is 17.6 Å². The molecule has 1 aromatic heterocycles. The predicted octanol–water partition coefficient (Wildman–Crippen LogP) is 3.08. The van der Waals surface area contributed by atoms with Gasteiger partial charge in [-0.15, -0.1) is 0 Å². The molecule has 8 heteroatoms. The average Bonchev–Trinajstić information content (AvgIpc) is 3.19. The van der Waals surface area contributed by atoms with Gasteiger partial charge >= 0.3 is 6.09 Å². The van der Waals surface area contributed by atoms with E-state index in [1.807, 2.05) is 32.9 Å². The van der Waals surface area contributed by atoms with E-state index in [9.17, 15) is 9.18 Å². The molecule has 3 heterocycles. The van der Waals surface area contributed by atoms with Crippen molar-refractivity contribution in [3.8, 4) is 0 Å². The number of hydrogen-bond donors (Lipinski definition) is 2. The van der Waals surface area contributed by atoms with Gasteiger partial charge in [0.15, 0.2) is 0 Å². The standard InChI is InChI=1S/C23H28FN5O2/c1-23(2,3)31-22(30)29-14-12-28(13-15-29)21-19(16-8-10-25-11-9-16)20(26-27-21)17-4-6-18(24)7-5-17/h4-11,21,26-27H,12-15H2,1-3H3. The highest BCUT2D eigenvalue weighted by atomic mass is 19.1. The number of hydrogen-bond acceptors (Lipinski definition) is 6. The van der Waals surface area contributed by atoms with Crippen molar-refractivity contribution in [2.75, 3.05) is 26.2 Å². The van der Waals surface area contributed by atoms with E-state index in [1.54, 1.807) is 29.4 Å². The van der Waals surface area contributed by atoms with Crippen molar-refractivity contribution >= 4 is 17.4 Å². The minimum absolute atomic E-state index is 0.0942. The summed E-state index contributed by atoms with van der Waals surface area (Å²) in [5, 5.41) is 0. The van der Waals surface area contributed by atoms with Crippen molar-refractivity contribution < 1.29 is 13.9 Å². The molecule has 0 spiro atoms. The number of piperazine rings is 1. The normalized spacial score (nSPS) is 20.0. The van der Waals surface area contributed by atoms with Gasteiger partial charge in [0.25, 0.3) is 0 Å². The second kappa shape index (κ2) is 8.64. The molecule has 0 bridgehead atoms. The Morgan fingerprint density at radius 2 is 1.68 bits per heavy atom. The lowest BCUT2D eigenvalue weighted by Gasteiger charge is -2.38. The molecular weight excluding hydrogens is 397 g/mol. The maximum absolute atomic E-state index is 13.5. The molecule has 1 aromatic carbocycles. The summed E-state index contributed by atoms with van der Waals surface area (Å²) in [7, 11) is 0. The van der Waals surface area contributed by atoms with Crippen LogP contribution >= 0.6 is 0 Å². The molecule has 4 rings (SSSR count). The molecule has 1 saturated heterocycles. The summed E-state index contributed by atoms with van der Waals surface area (Å²) in [5.41, 5.74) is 10.1. The Morgan fingerprint density at radius 3 is 2.29 bits per heavy atom. The number of halogens is 1. The highest BCUT2D eigenvalue weighted by Crippen LogP contribution is 2.32. The molecule has 2 N–H and O–H groups in total. The van der Waals surface area contributed by atoms with Crippen LogP contribution < -0.4 is 10.9 Å². The number of hydrazine groups is 1. The first kappa shape index (κ1) is 21.3. The van der Waals surface area contributed by atoms with Crippen molar-refractivity contribution in [1.29, 1.82) is 0 Å². The number of rotatable bonds is 3. The van der Waals surface area contributed by atoms with Crippen molar-refractivity contribution in [2.24, 2.45) is 0 Å². The molecule has 31 heavy (non-hydrogen) atoms. The summed E-state index contributed by atoms with van der Waals surface area (Å²) in [6.07, 6.45) is 3.16. The average molecular weight is 426 g/mol. The highest BCUT2D eigenvalue weighted by molar-refractivity contribution is 5.93. The summed E-state index contributed by atoms with van der Waals surface area (Å²) in [5.74, 6) is -0.268. The lowest BCUT2D eigenvalue weighted by atomic mass is 9.98. The first-order valence-corrected chi connectivity index (χ1v) is 10.5. The molecule has 0 saturated carbocycles. The van der Waals surface area contributed by atoms with Gasteiger partial charge in [-0.05, 0) is 68.3 Å². The second-order valence-electron chi connectivity index (χ2n) is 8.71. The minimum Gasteiger partial charge on any atom is -0.444 e. The monoisotopic (exact) mass is 425 g/mol. The van der Waals surface area contributed by atoms with Crippen LogP contribution in [-0.4, -0.2) is 58.8 Å². The first-order chi connectivity index (χ1) is 14.8. The van der Waals surface area contributed by atoms with Gasteiger partial charge in [-0.2, -0.15) is 0 Å². The summed E-state index contributed by atoms with van der Waals surface area (Å²) >= 11 is 0. The number of ether oxygens (including phenoxy) is 1. The van der Waals surface area contributed by atoms with Crippen LogP contribution in [0.4, 0.5) is 9.18 Å². The van der Waals surface area contributed by atoms with Crippen LogP contribution in [-0.2, 0) is 4.74 Å². The molecule has 2 aromatic rings. The Morgan fingerprint density at radius 1 is 1.03 bits per heavy atom. The molecular formula is C23H28FN5O2.